The van der Waals surface area contributed by atoms with E-state index in [4.69, 9.17) is 10.2 Å². The minimum Gasteiger partial charge on any atom is -0.423 e. The Labute approximate surface area is 195 Å². The normalized spacial score (nSPS) is 17.7. The standard InChI is InChI=1S/C26H24N6O2/c1-14-9-15(2)23-21(10-14)31-26(34-23)30-17-5-3-16(4-6-17)20-12-32(18-7-8-19(33)11-18)25-22(20)24(27)28-13-29-25/h3-10,12-13,18-19,33H,11H2,1-2H3,(H,30,31)(H2,27,28,29)/t18-,19+/m1/s1. The Kier molecular flexibility index (Phi) is 4.63. The molecular formula is C26H24N6O2. The SMILES string of the molecule is Cc1cc(C)c2oc(Nc3ccc(-c4cn([C@@H]5C=C[C@H](O)C5)c5ncnc(N)c45)cc3)nc2c1. The maximum atomic E-state index is 9.96. The van der Waals surface area contributed by atoms with E-state index in [1.165, 1.54) is 6.33 Å². The Hall–Kier alpha value is -4.17. The lowest BCUT2D eigenvalue weighted by Crippen LogP contribution is -2.08. The summed E-state index contributed by atoms with van der Waals surface area (Å²) >= 11 is 0. The molecule has 3 aromatic heterocycles. The largest absolute Gasteiger partial charge is 0.423 e. The Morgan fingerprint density at radius 3 is 2.71 bits per heavy atom. The van der Waals surface area contributed by atoms with Gasteiger partial charge in [0.25, 0.3) is 6.01 Å². The number of aliphatic hydroxyl groups excluding tert-OH is 1. The first-order valence-electron chi connectivity index (χ1n) is 11.2. The highest BCUT2D eigenvalue weighted by atomic mass is 16.4. The number of nitrogens with one attached hydrogen (secondary N) is 1. The first kappa shape index (κ1) is 20.4. The second-order valence-electron chi connectivity index (χ2n) is 8.81. The summed E-state index contributed by atoms with van der Waals surface area (Å²) in [5.41, 5.74) is 13.7. The van der Waals surface area contributed by atoms with Gasteiger partial charge in [0.1, 0.15) is 23.3 Å². The number of aliphatic hydroxyl groups is 1. The number of allylic oxidation sites excluding steroid dienone is 1. The molecule has 4 N–H and O–H groups in total. The van der Waals surface area contributed by atoms with Crippen molar-refractivity contribution in [2.45, 2.75) is 32.4 Å². The number of nitrogens with zero attached hydrogens (tertiary/aromatic N) is 4. The fourth-order valence-corrected chi connectivity index (χ4v) is 4.73. The van der Waals surface area contributed by atoms with Gasteiger partial charge in [0, 0.05) is 23.9 Å². The average Bonchev–Trinajstić information content (AvgIpc) is 3.51. The van der Waals surface area contributed by atoms with E-state index in [2.05, 4.69) is 30.9 Å². The van der Waals surface area contributed by atoms with Gasteiger partial charge in [-0.15, -0.1) is 0 Å². The molecule has 2 aromatic carbocycles. The molecule has 5 aromatic rings. The van der Waals surface area contributed by atoms with Crippen molar-refractivity contribution in [3.8, 4) is 11.1 Å². The molecule has 6 rings (SSSR count). The molecule has 8 nitrogen and oxygen atoms in total. The quantitative estimate of drug-likeness (QED) is 0.327. The van der Waals surface area contributed by atoms with Gasteiger partial charge in [-0.25, -0.2) is 9.97 Å². The maximum absolute atomic E-state index is 9.96. The molecule has 34 heavy (non-hydrogen) atoms. The molecule has 0 radical (unpaired) electrons. The molecule has 0 spiro atoms. The van der Waals surface area contributed by atoms with Crippen molar-refractivity contribution < 1.29 is 9.52 Å². The van der Waals surface area contributed by atoms with Crippen molar-refractivity contribution in [3.05, 3.63) is 72.2 Å². The number of hydrogen-bond donors (Lipinski definition) is 3. The summed E-state index contributed by atoms with van der Waals surface area (Å²) in [6.45, 7) is 4.07. The monoisotopic (exact) mass is 452 g/mol. The Morgan fingerprint density at radius 2 is 1.94 bits per heavy atom. The summed E-state index contributed by atoms with van der Waals surface area (Å²) in [4.78, 5) is 13.3. The minimum atomic E-state index is -0.449. The van der Waals surface area contributed by atoms with Crippen LogP contribution in [0.1, 0.15) is 23.6 Å². The fourth-order valence-electron chi connectivity index (χ4n) is 4.73. The first-order valence-corrected chi connectivity index (χ1v) is 11.2. The molecule has 1 aliphatic carbocycles. The number of anilines is 3. The van der Waals surface area contributed by atoms with Crippen molar-refractivity contribution in [2.75, 3.05) is 11.1 Å². The van der Waals surface area contributed by atoms with E-state index < -0.39 is 6.10 Å². The highest BCUT2D eigenvalue weighted by Gasteiger charge is 2.23. The first-order chi connectivity index (χ1) is 16.5. The minimum absolute atomic E-state index is 0.0211. The van der Waals surface area contributed by atoms with Crippen LogP contribution < -0.4 is 11.1 Å². The fraction of sp³-hybridized carbons (Fsp3) is 0.192. The lowest BCUT2D eigenvalue weighted by atomic mass is 10.1. The van der Waals surface area contributed by atoms with Crippen LogP contribution in [0.3, 0.4) is 0 Å². The summed E-state index contributed by atoms with van der Waals surface area (Å²) in [5.74, 6) is 0.431. The van der Waals surface area contributed by atoms with E-state index in [1.807, 2.05) is 62.5 Å². The van der Waals surface area contributed by atoms with Gasteiger partial charge in [-0.3, -0.25) is 0 Å². The topological polar surface area (TPSA) is 115 Å². The number of hydrogen-bond acceptors (Lipinski definition) is 7. The van der Waals surface area contributed by atoms with Crippen molar-refractivity contribution in [2.24, 2.45) is 0 Å². The number of nitrogen functional groups attached to an aromatic ring is 1. The Balaban J connectivity index is 1.34. The Bertz CT molecular complexity index is 1560. The van der Waals surface area contributed by atoms with Crippen molar-refractivity contribution in [1.29, 1.82) is 0 Å². The number of fused-ring (bicyclic) bond motifs is 2. The van der Waals surface area contributed by atoms with Crippen LogP contribution in [-0.2, 0) is 0 Å². The Morgan fingerprint density at radius 1 is 1.12 bits per heavy atom. The highest BCUT2D eigenvalue weighted by molar-refractivity contribution is 6.00. The van der Waals surface area contributed by atoms with Gasteiger partial charge in [-0.1, -0.05) is 30.4 Å². The average molecular weight is 453 g/mol. The van der Waals surface area contributed by atoms with Crippen LogP contribution in [0.2, 0.25) is 0 Å². The molecule has 170 valence electrons. The molecule has 0 aliphatic heterocycles. The zero-order valence-corrected chi connectivity index (χ0v) is 18.9. The predicted octanol–water partition coefficient (Wildman–Crippen LogP) is 5.04. The molecule has 2 atom stereocenters. The molecule has 0 unspecified atom stereocenters. The molecule has 0 bridgehead atoms. The third-order valence-electron chi connectivity index (χ3n) is 6.30. The number of benzene rings is 2. The summed E-state index contributed by atoms with van der Waals surface area (Å²) < 4.78 is 7.99. The summed E-state index contributed by atoms with van der Waals surface area (Å²) in [6, 6.07) is 12.6. The van der Waals surface area contributed by atoms with Crippen molar-refractivity contribution >= 4 is 39.7 Å². The smallest absolute Gasteiger partial charge is 0.300 e. The maximum Gasteiger partial charge on any atom is 0.300 e. The van der Waals surface area contributed by atoms with Gasteiger partial charge in [0.2, 0.25) is 0 Å². The van der Waals surface area contributed by atoms with E-state index in [-0.39, 0.29) is 6.04 Å². The molecule has 8 heteroatoms. The number of aryl methyl sites for hydroxylation is 2. The highest BCUT2D eigenvalue weighted by Crippen LogP contribution is 2.37. The van der Waals surface area contributed by atoms with Gasteiger partial charge in [-0.2, -0.15) is 4.98 Å². The van der Waals surface area contributed by atoms with E-state index >= 15 is 0 Å². The van der Waals surface area contributed by atoms with E-state index in [0.29, 0.717) is 18.3 Å². The summed E-state index contributed by atoms with van der Waals surface area (Å²) in [5, 5.41) is 14.0. The second-order valence-corrected chi connectivity index (χ2v) is 8.81. The molecular weight excluding hydrogens is 428 g/mol. The predicted molar refractivity (Wildman–Crippen MR) is 133 cm³/mol. The van der Waals surface area contributed by atoms with Gasteiger partial charge < -0.3 is 25.1 Å². The zero-order valence-electron chi connectivity index (χ0n) is 18.9. The van der Waals surface area contributed by atoms with E-state index in [0.717, 1.165) is 50.1 Å². The third-order valence-corrected chi connectivity index (χ3v) is 6.30. The van der Waals surface area contributed by atoms with E-state index in [1.54, 1.807) is 0 Å². The second kappa shape index (κ2) is 7.71. The van der Waals surface area contributed by atoms with Gasteiger partial charge in [-0.05, 0) is 48.7 Å². The number of nitrogens with two attached hydrogens (primary N) is 1. The van der Waals surface area contributed by atoms with E-state index in [9.17, 15) is 5.11 Å². The van der Waals surface area contributed by atoms with Crippen LogP contribution in [0.15, 0.2) is 65.5 Å². The number of rotatable bonds is 4. The molecule has 3 heterocycles. The summed E-state index contributed by atoms with van der Waals surface area (Å²) in [6.07, 6.45) is 7.49. The number of oxazole rings is 1. The molecule has 0 saturated heterocycles. The van der Waals surface area contributed by atoms with Gasteiger partial charge in [0.05, 0.1) is 17.5 Å². The lowest BCUT2D eigenvalue weighted by Gasteiger charge is -2.12. The zero-order chi connectivity index (χ0) is 23.4. The van der Waals surface area contributed by atoms with Crippen molar-refractivity contribution in [1.82, 2.24) is 19.5 Å². The van der Waals surface area contributed by atoms with Crippen LogP contribution in [0, 0.1) is 13.8 Å². The molecule has 1 aliphatic rings. The molecule has 0 amide bonds. The van der Waals surface area contributed by atoms with Crippen molar-refractivity contribution in [3.63, 3.8) is 0 Å². The van der Waals surface area contributed by atoms with Crippen LogP contribution in [0.4, 0.5) is 17.5 Å². The summed E-state index contributed by atoms with van der Waals surface area (Å²) in [7, 11) is 0. The third kappa shape index (κ3) is 3.39. The molecule has 0 saturated carbocycles. The van der Waals surface area contributed by atoms with Gasteiger partial charge in [0.15, 0.2) is 5.58 Å². The molecule has 0 fully saturated rings. The van der Waals surface area contributed by atoms with Crippen LogP contribution >= 0.6 is 0 Å². The van der Waals surface area contributed by atoms with Crippen LogP contribution in [-0.4, -0.2) is 30.7 Å². The van der Waals surface area contributed by atoms with Gasteiger partial charge >= 0.3 is 0 Å². The van der Waals surface area contributed by atoms with Crippen LogP contribution in [0.5, 0.6) is 0 Å². The lowest BCUT2D eigenvalue weighted by molar-refractivity contribution is 0.211. The van der Waals surface area contributed by atoms with Crippen LogP contribution in [0.25, 0.3) is 33.3 Å². The number of aromatic nitrogens is 4.